The summed E-state index contributed by atoms with van der Waals surface area (Å²) in [6.07, 6.45) is 1.37. The first kappa shape index (κ1) is 16.2. The van der Waals surface area contributed by atoms with Gasteiger partial charge in [-0.3, -0.25) is 4.79 Å². The van der Waals surface area contributed by atoms with Gasteiger partial charge >= 0.3 is 5.97 Å². The van der Waals surface area contributed by atoms with E-state index in [4.69, 9.17) is 4.74 Å². The minimum absolute atomic E-state index is 0.145. The van der Waals surface area contributed by atoms with E-state index in [1.165, 1.54) is 16.7 Å². The molecule has 0 atom stereocenters. The van der Waals surface area contributed by atoms with Crippen molar-refractivity contribution in [2.45, 2.75) is 26.3 Å². The SMILES string of the molecule is CCOC(=O)CCNCc1ccc(Cc2ccccc2)cc1. The highest BCUT2D eigenvalue weighted by Gasteiger charge is 2.01. The van der Waals surface area contributed by atoms with Crippen LogP contribution in [0.15, 0.2) is 54.6 Å². The van der Waals surface area contributed by atoms with Gasteiger partial charge in [0.05, 0.1) is 13.0 Å². The van der Waals surface area contributed by atoms with Gasteiger partial charge in [-0.2, -0.15) is 0 Å². The molecule has 2 rings (SSSR count). The molecule has 116 valence electrons. The van der Waals surface area contributed by atoms with Crippen LogP contribution in [0.5, 0.6) is 0 Å². The highest BCUT2D eigenvalue weighted by molar-refractivity contribution is 5.69. The van der Waals surface area contributed by atoms with E-state index in [-0.39, 0.29) is 5.97 Å². The normalized spacial score (nSPS) is 10.4. The van der Waals surface area contributed by atoms with Gasteiger partial charge in [0, 0.05) is 13.1 Å². The molecule has 22 heavy (non-hydrogen) atoms. The van der Waals surface area contributed by atoms with Crippen LogP contribution in [-0.4, -0.2) is 19.1 Å². The first-order valence-electron chi connectivity index (χ1n) is 7.76. The molecule has 0 saturated heterocycles. The Morgan fingerprint density at radius 3 is 2.27 bits per heavy atom. The highest BCUT2D eigenvalue weighted by Crippen LogP contribution is 2.10. The first-order chi connectivity index (χ1) is 10.8. The van der Waals surface area contributed by atoms with E-state index < -0.39 is 0 Å². The number of hydrogen-bond acceptors (Lipinski definition) is 3. The van der Waals surface area contributed by atoms with Crippen LogP contribution in [0, 0.1) is 0 Å². The lowest BCUT2D eigenvalue weighted by molar-refractivity contribution is -0.142. The third-order valence-electron chi connectivity index (χ3n) is 3.41. The molecule has 1 N–H and O–H groups in total. The van der Waals surface area contributed by atoms with Crippen molar-refractivity contribution in [3.05, 3.63) is 71.3 Å². The van der Waals surface area contributed by atoms with Crippen molar-refractivity contribution >= 4 is 5.97 Å². The molecule has 0 spiro atoms. The summed E-state index contributed by atoms with van der Waals surface area (Å²) in [4.78, 5) is 11.2. The Labute approximate surface area is 132 Å². The Hall–Kier alpha value is -2.13. The van der Waals surface area contributed by atoms with Gasteiger partial charge in [0.1, 0.15) is 0 Å². The fourth-order valence-corrected chi connectivity index (χ4v) is 2.26. The van der Waals surface area contributed by atoms with E-state index in [0.29, 0.717) is 19.6 Å². The number of carbonyl (C=O) groups is 1. The van der Waals surface area contributed by atoms with E-state index in [2.05, 4.69) is 53.8 Å². The van der Waals surface area contributed by atoms with Crippen molar-refractivity contribution in [3.63, 3.8) is 0 Å². The summed E-state index contributed by atoms with van der Waals surface area (Å²) in [5.74, 6) is -0.145. The average molecular weight is 297 g/mol. The molecular formula is C19H23NO2. The van der Waals surface area contributed by atoms with Gasteiger partial charge in [0.25, 0.3) is 0 Å². The highest BCUT2D eigenvalue weighted by atomic mass is 16.5. The summed E-state index contributed by atoms with van der Waals surface area (Å²) >= 11 is 0. The van der Waals surface area contributed by atoms with Gasteiger partial charge in [-0.1, -0.05) is 54.6 Å². The number of ether oxygens (including phenoxy) is 1. The number of rotatable bonds is 8. The van der Waals surface area contributed by atoms with E-state index in [0.717, 1.165) is 13.0 Å². The summed E-state index contributed by atoms with van der Waals surface area (Å²) in [7, 11) is 0. The zero-order chi connectivity index (χ0) is 15.6. The monoisotopic (exact) mass is 297 g/mol. The van der Waals surface area contributed by atoms with E-state index in [1.54, 1.807) is 0 Å². The molecule has 0 fully saturated rings. The van der Waals surface area contributed by atoms with Crippen LogP contribution in [0.25, 0.3) is 0 Å². The maximum absolute atomic E-state index is 11.2. The zero-order valence-corrected chi connectivity index (χ0v) is 13.0. The molecule has 0 aliphatic rings. The second-order valence-electron chi connectivity index (χ2n) is 5.21. The van der Waals surface area contributed by atoms with Crippen molar-refractivity contribution in [3.8, 4) is 0 Å². The number of hydrogen-bond donors (Lipinski definition) is 1. The molecule has 2 aromatic carbocycles. The Balaban J connectivity index is 1.74. The Morgan fingerprint density at radius 2 is 1.59 bits per heavy atom. The number of nitrogens with one attached hydrogen (secondary N) is 1. The van der Waals surface area contributed by atoms with Crippen LogP contribution in [-0.2, 0) is 22.5 Å². The summed E-state index contributed by atoms with van der Waals surface area (Å²) in [5, 5.41) is 3.26. The second kappa shape index (κ2) is 9.00. The molecular weight excluding hydrogens is 274 g/mol. The molecule has 0 radical (unpaired) electrons. The first-order valence-corrected chi connectivity index (χ1v) is 7.76. The van der Waals surface area contributed by atoms with Crippen molar-refractivity contribution in [2.24, 2.45) is 0 Å². The summed E-state index contributed by atoms with van der Waals surface area (Å²) < 4.78 is 4.89. The van der Waals surface area contributed by atoms with Gasteiger partial charge in [-0.15, -0.1) is 0 Å². The summed E-state index contributed by atoms with van der Waals surface area (Å²) in [5.41, 5.74) is 3.85. The third-order valence-corrected chi connectivity index (χ3v) is 3.41. The lowest BCUT2D eigenvalue weighted by atomic mass is 10.0. The predicted molar refractivity (Wildman–Crippen MR) is 88.6 cm³/mol. The van der Waals surface area contributed by atoms with Gasteiger partial charge in [-0.25, -0.2) is 0 Å². The van der Waals surface area contributed by atoms with Crippen LogP contribution in [0.4, 0.5) is 0 Å². The average Bonchev–Trinajstić information content (AvgIpc) is 2.54. The largest absolute Gasteiger partial charge is 0.466 e. The standard InChI is InChI=1S/C19H23NO2/c1-2-22-19(21)12-13-20-15-18-10-8-17(9-11-18)14-16-6-4-3-5-7-16/h3-11,20H,2,12-15H2,1H3. The molecule has 0 aromatic heterocycles. The Kier molecular flexibility index (Phi) is 6.65. The quantitative estimate of drug-likeness (QED) is 0.600. The predicted octanol–water partition coefficient (Wildman–Crippen LogP) is 3.32. The van der Waals surface area contributed by atoms with Gasteiger partial charge in [-0.05, 0) is 30.0 Å². The smallest absolute Gasteiger partial charge is 0.307 e. The number of carbonyl (C=O) groups excluding carboxylic acids is 1. The lowest BCUT2D eigenvalue weighted by Crippen LogP contribution is -2.19. The minimum Gasteiger partial charge on any atom is -0.466 e. The fraction of sp³-hybridized carbons (Fsp3) is 0.316. The lowest BCUT2D eigenvalue weighted by Gasteiger charge is -2.07. The fourth-order valence-electron chi connectivity index (χ4n) is 2.26. The molecule has 0 amide bonds. The van der Waals surface area contributed by atoms with Crippen LogP contribution < -0.4 is 5.32 Å². The third kappa shape index (κ3) is 5.70. The Morgan fingerprint density at radius 1 is 0.955 bits per heavy atom. The van der Waals surface area contributed by atoms with Gasteiger partial charge in [0.2, 0.25) is 0 Å². The zero-order valence-electron chi connectivity index (χ0n) is 13.0. The van der Waals surface area contributed by atoms with Gasteiger partial charge in [0.15, 0.2) is 0 Å². The molecule has 2 aromatic rings. The molecule has 0 heterocycles. The molecule has 3 nitrogen and oxygen atoms in total. The van der Waals surface area contributed by atoms with Crippen LogP contribution >= 0.6 is 0 Å². The van der Waals surface area contributed by atoms with E-state index >= 15 is 0 Å². The van der Waals surface area contributed by atoms with E-state index in [1.807, 2.05) is 13.0 Å². The molecule has 0 unspecified atom stereocenters. The molecule has 0 saturated carbocycles. The topological polar surface area (TPSA) is 38.3 Å². The Bertz CT molecular complexity index is 564. The maximum Gasteiger partial charge on any atom is 0.307 e. The summed E-state index contributed by atoms with van der Waals surface area (Å²) in [6, 6.07) is 19.1. The molecule has 0 aliphatic carbocycles. The van der Waals surface area contributed by atoms with Crippen molar-refractivity contribution < 1.29 is 9.53 Å². The molecule has 0 bridgehead atoms. The second-order valence-corrected chi connectivity index (χ2v) is 5.21. The maximum atomic E-state index is 11.2. The van der Waals surface area contributed by atoms with Crippen LogP contribution in [0.3, 0.4) is 0 Å². The van der Waals surface area contributed by atoms with Crippen molar-refractivity contribution in [1.82, 2.24) is 5.32 Å². The van der Waals surface area contributed by atoms with Crippen molar-refractivity contribution in [2.75, 3.05) is 13.2 Å². The van der Waals surface area contributed by atoms with Crippen LogP contribution in [0.1, 0.15) is 30.0 Å². The minimum atomic E-state index is -0.145. The van der Waals surface area contributed by atoms with Gasteiger partial charge < -0.3 is 10.1 Å². The number of esters is 1. The molecule has 3 heteroatoms. The molecule has 0 aliphatic heterocycles. The van der Waals surface area contributed by atoms with Crippen molar-refractivity contribution in [1.29, 1.82) is 0 Å². The number of benzene rings is 2. The van der Waals surface area contributed by atoms with E-state index in [9.17, 15) is 4.79 Å². The van der Waals surface area contributed by atoms with Crippen LogP contribution in [0.2, 0.25) is 0 Å². The summed E-state index contributed by atoms with van der Waals surface area (Å²) in [6.45, 7) is 3.68.